The van der Waals surface area contributed by atoms with Crippen molar-refractivity contribution in [2.75, 3.05) is 21.3 Å². The molecule has 5 heteroatoms. The van der Waals surface area contributed by atoms with Crippen LogP contribution in [0.4, 0.5) is 0 Å². The monoisotopic (exact) mass is 319 g/mol. The van der Waals surface area contributed by atoms with Crippen LogP contribution in [0.2, 0.25) is 0 Å². The average molecular weight is 318 g/mol. The summed E-state index contributed by atoms with van der Waals surface area (Å²) in [5.74, 6) is 0. The van der Waals surface area contributed by atoms with Crippen LogP contribution >= 0.6 is 0 Å². The molecule has 0 aromatic heterocycles. The molecule has 0 bridgehead atoms. The van der Waals surface area contributed by atoms with E-state index in [0.29, 0.717) is 0 Å². The van der Waals surface area contributed by atoms with Gasteiger partial charge in [0.05, 0.1) is 0 Å². The predicted octanol–water partition coefficient (Wildman–Crippen LogP) is -1.06. The summed E-state index contributed by atoms with van der Waals surface area (Å²) in [5.41, 5.74) is 0. The Labute approximate surface area is 80.7 Å². The van der Waals surface area contributed by atoms with Gasteiger partial charge in [0.1, 0.15) is 0 Å². The molecule has 3 N–H and O–H groups in total. The van der Waals surface area contributed by atoms with E-state index in [0.717, 1.165) is 21.3 Å². The summed E-state index contributed by atoms with van der Waals surface area (Å²) >= 11 is 0. The van der Waals surface area contributed by atoms with Gasteiger partial charge in [-0.1, -0.05) is 0 Å². The third kappa shape index (κ3) is 2630. The summed E-state index contributed by atoms with van der Waals surface area (Å²) in [6.07, 6.45) is 1.50. The van der Waals surface area contributed by atoms with E-state index >= 15 is 0 Å². The van der Waals surface area contributed by atoms with Crippen molar-refractivity contribution in [1.29, 1.82) is 0 Å². The quantitative estimate of drug-likeness (QED) is 0.393. The molecule has 0 saturated carbocycles. The van der Waals surface area contributed by atoms with Gasteiger partial charge in [0.25, 0.3) is 0 Å². The number of aliphatic hydroxyl groups excluding tert-OH is 3. The minimum absolute atomic E-state index is 0. The summed E-state index contributed by atoms with van der Waals surface area (Å²) in [7, 11) is 3.00. The number of rotatable bonds is 0. The fourth-order valence-corrected chi connectivity index (χ4v) is 0. The Kier molecular flexibility index (Phi) is 1040. The van der Waals surface area contributed by atoms with Crippen LogP contribution in [0.15, 0.2) is 0 Å². The molecule has 0 amide bonds. The van der Waals surface area contributed by atoms with Gasteiger partial charge in [-0.15, -0.1) is 0 Å². The van der Waals surface area contributed by atoms with E-state index in [1.165, 1.54) is 13.2 Å². The van der Waals surface area contributed by atoms with Crippen molar-refractivity contribution >= 4 is 6.29 Å². The van der Waals surface area contributed by atoms with Gasteiger partial charge in [0, 0.05) is 47.2 Å². The zero-order chi connectivity index (χ0) is 8.71. The molecule has 0 fully saturated rings. The first kappa shape index (κ1) is 31.5. The molecule has 0 spiro atoms. The zero-order valence-corrected chi connectivity index (χ0v) is 10.3. The van der Waals surface area contributed by atoms with Crippen molar-refractivity contribution < 1.29 is 46.0 Å². The largest absolute Gasteiger partial charge is 0.542 e. The van der Waals surface area contributed by atoms with Gasteiger partial charge < -0.3 is 20.1 Å². The van der Waals surface area contributed by atoms with Gasteiger partial charge >= 0.3 is 0 Å². The maximum atomic E-state index is 8.68. The molecule has 0 aliphatic carbocycles. The van der Waals surface area contributed by atoms with Crippen LogP contribution in [-0.2, 0) is 30.6 Å². The van der Waals surface area contributed by atoms with E-state index in [1.807, 2.05) is 0 Å². The van der Waals surface area contributed by atoms with Gasteiger partial charge in [-0.25, -0.2) is 0 Å². The molecule has 0 heterocycles. The second-order valence-electron chi connectivity index (χ2n) is 0.204. The fraction of sp³-hybridized carbons (Fsp3) is 0.800. The number of carbonyl (C=O) groups excluding carboxylic acids is 1. The first-order valence-electron chi connectivity index (χ1n) is 2.05. The normalized spacial score (nSPS) is 3.10. The second kappa shape index (κ2) is 331. The molecule has 4 nitrogen and oxygen atoms in total. The standard InChI is InChI=1S/C2H3O.3CH4O.Hf/c1-2-3;3*1-2;/h1H3;3*2H,1H3;/q-1;;;;. The fourth-order valence-electron chi connectivity index (χ4n) is 0. The number of hydrogen-bond donors (Lipinski definition) is 3. The van der Waals surface area contributed by atoms with E-state index in [2.05, 4.69) is 0 Å². The van der Waals surface area contributed by atoms with Gasteiger partial charge in [-0.05, 0) is 0 Å². The molecule has 0 aromatic rings. The maximum Gasteiger partial charge on any atom is 0.0319 e. The van der Waals surface area contributed by atoms with Crippen molar-refractivity contribution in [2.24, 2.45) is 0 Å². The first-order valence-corrected chi connectivity index (χ1v) is 2.05. The average Bonchev–Trinajstić information content (AvgIpc) is 2.01. The van der Waals surface area contributed by atoms with E-state index in [9.17, 15) is 0 Å². The Morgan fingerprint density at radius 2 is 0.900 bits per heavy atom. The molecule has 0 radical (unpaired) electrons. The summed E-state index contributed by atoms with van der Waals surface area (Å²) in [6.45, 7) is 1.32. The van der Waals surface area contributed by atoms with Crippen LogP contribution in [0.3, 0.4) is 0 Å². The smallest absolute Gasteiger partial charge is 0.0319 e. The van der Waals surface area contributed by atoms with E-state index in [4.69, 9.17) is 20.1 Å². The van der Waals surface area contributed by atoms with Gasteiger partial charge in [-0.3, -0.25) is 6.29 Å². The van der Waals surface area contributed by atoms with E-state index in [1.54, 1.807) is 0 Å². The summed E-state index contributed by atoms with van der Waals surface area (Å²) < 4.78 is 0. The SMILES string of the molecule is CO.CO.CO.C[C-]=O.[Hf]. The maximum absolute atomic E-state index is 8.68. The Morgan fingerprint density at radius 3 is 0.900 bits per heavy atom. The van der Waals surface area contributed by atoms with Crippen LogP contribution in [0, 0.1) is 0 Å². The molecule has 0 atom stereocenters. The molecule has 0 saturated heterocycles. The molecule has 0 unspecified atom stereocenters. The minimum Gasteiger partial charge on any atom is -0.542 e. The molecule has 0 aliphatic rings. The van der Waals surface area contributed by atoms with Crippen molar-refractivity contribution in [3.8, 4) is 0 Å². The topological polar surface area (TPSA) is 77.8 Å². The van der Waals surface area contributed by atoms with Crippen LogP contribution in [-0.4, -0.2) is 42.9 Å². The number of aliphatic hydroxyl groups is 3. The van der Waals surface area contributed by atoms with Crippen LogP contribution in [0.1, 0.15) is 6.92 Å². The molecular weight excluding hydrogens is 303 g/mol. The molecule has 64 valence electrons. The Morgan fingerprint density at radius 1 is 0.900 bits per heavy atom. The summed E-state index contributed by atoms with van der Waals surface area (Å²) in [5, 5.41) is 21.0. The predicted molar refractivity (Wildman–Crippen MR) is 35.8 cm³/mol. The van der Waals surface area contributed by atoms with Crippen molar-refractivity contribution in [2.45, 2.75) is 6.92 Å². The van der Waals surface area contributed by atoms with E-state index < -0.39 is 0 Å². The molecule has 0 aliphatic heterocycles. The molecule has 0 rings (SSSR count). The van der Waals surface area contributed by atoms with Crippen molar-refractivity contribution in [3.63, 3.8) is 0 Å². The first-order chi connectivity index (χ1) is 4.41. The molecule has 10 heavy (non-hydrogen) atoms. The van der Waals surface area contributed by atoms with E-state index in [-0.39, 0.29) is 25.8 Å². The summed E-state index contributed by atoms with van der Waals surface area (Å²) in [6, 6.07) is 0. The van der Waals surface area contributed by atoms with Gasteiger partial charge in [0.15, 0.2) is 0 Å². The Bertz CT molecular complexity index is 21.1. The zero-order valence-electron chi connectivity index (χ0n) is 6.75. The van der Waals surface area contributed by atoms with Crippen LogP contribution in [0.5, 0.6) is 0 Å². The van der Waals surface area contributed by atoms with Crippen LogP contribution < -0.4 is 0 Å². The second-order valence-corrected chi connectivity index (χ2v) is 0.204. The third-order valence-electron chi connectivity index (χ3n) is 0. The minimum atomic E-state index is 0. The Balaban J connectivity index is -0.0000000110. The van der Waals surface area contributed by atoms with Crippen LogP contribution in [0.25, 0.3) is 0 Å². The molecular formula is C5H15HfO4-. The van der Waals surface area contributed by atoms with Gasteiger partial charge in [-0.2, -0.15) is 6.92 Å². The van der Waals surface area contributed by atoms with Gasteiger partial charge in [0.2, 0.25) is 0 Å². The summed E-state index contributed by atoms with van der Waals surface area (Å²) in [4.78, 5) is 8.68. The molecule has 0 aromatic carbocycles. The van der Waals surface area contributed by atoms with Crippen molar-refractivity contribution in [1.82, 2.24) is 0 Å². The number of hydrogen-bond acceptors (Lipinski definition) is 4. The van der Waals surface area contributed by atoms with Crippen molar-refractivity contribution in [3.05, 3.63) is 0 Å². The Hall–Kier alpha value is 0.420. The third-order valence-corrected chi connectivity index (χ3v) is 0.